The van der Waals surface area contributed by atoms with Crippen molar-refractivity contribution in [3.63, 3.8) is 0 Å². The van der Waals surface area contributed by atoms with Gasteiger partial charge in [-0.2, -0.15) is 5.26 Å². The molecule has 0 spiro atoms. The normalized spacial score (nSPS) is 11.3. The van der Waals surface area contributed by atoms with E-state index in [0.29, 0.717) is 24.3 Å². The van der Waals surface area contributed by atoms with Gasteiger partial charge < -0.3 is 9.30 Å². The van der Waals surface area contributed by atoms with Crippen LogP contribution in [0.5, 0.6) is 5.75 Å². The number of aldehydes is 1. The van der Waals surface area contributed by atoms with E-state index in [-0.39, 0.29) is 5.82 Å². The first-order valence-electron chi connectivity index (χ1n) is 10.3. The van der Waals surface area contributed by atoms with Gasteiger partial charge in [-0.05, 0) is 48.4 Å². The molecule has 0 aliphatic heterocycles. The maximum absolute atomic E-state index is 13.3. The third-order valence-electron chi connectivity index (χ3n) is 5.24. The summed E-state index contributed by atoms with van der Waals surface area (Å²) >= 11 is 0. The van der Waals surface area contributed by atoms with Crippen molar-refractivity contribution in [2.75, 3.05) is 6.61 Å². The molecule has 1 aromatic heterocycles. The number of nitriles is 1. The number of rotatable bonds is 7. The number of hydrogen-bond acceptors (Lipinski definition) is 3. The van der Waals surface area contributed by atoms with Crippen LogP contribution in [0.1, 0.15) is 34.0 Å². The molecular formula is C27H21FN2O2. The summed E-state index contributed by atoms with van der Waals surface area (Å²) in [4.78, 5) is 10.9. The molecule has 0 amide bonds. The number of nitrogens with zero attached hydrogens (tertiary/aromatic N) is 2. The van der Waals surface area contributed by atoms with Gasteiger partial charge in [-0.3, -0.25) is 4.79 Å². The lowest BCUT2D eigenvalue weighted by Crippen LogP contribution is -1.98. The predicted octanol–water partition coefficient (Wildman–Crippen LogP) is 6.10. The first-order chi connectivity index (χ1) is 15.6. The van der Waals surface area contributed by atoms with Gasteiger partial charge in [0, 0.05) is 35.3 Å². The third kappa shape index (κ3) is 4.45. The predicted molar refractivity (Wildman–Crippen MR) is 124 cm³/mol. The van der Waals surface area contributed by atoms with Crippen LogP contribution in [0.25, 0.3) is 22.6 Å². The molecule has 0 fully saturated rings. The van der Waals surface area contributed by atoms with Crippen LogP contribution >= 0.6 is 0 Å². The number of halogens is 1. The molecule has 0 radical (unpaired) electrons. The fourth-order valence-electron chi connectivity index (χ4n) is 3.67. The van der Waals surface area contributed by atoms with Gasteiger partial charge in [0.05, 0.1) is 23.8 Å². The zero-order valence-electron chi connectivity index (χ0n) is 17.6. The minimum Gasteiger partial charge on any atom is -0.494 e. The Morgan fingerprint density at radius 2 is 1.84 bits per heavy atom. The molecule has 0 saturated carbocycles. The molecule has 4 nitrogen and oxygen atoms in total. The highest BCUT2D eigenvalue weighted by Gasteiger charge is 2.11. The Labute approximate surface area is 185 Å². The van der Waals surface area contributed by atoms with Gasteiger partial charge in [-0.15, -0.1) is 0 Å². The van der Waals surface area contributed by atoms with Crippen LogP contribution in [0.4, 0.5) is 4.39 Å². The standard InChI is InChI=1S/C27H21FN2O2/c1-2-32-25-11-12-26-23(13-22(15-29)21-7-3-20(18-31)4-8-21)17-30(27(26)14-25)16-19-5-9-24(28)10-6-19/h3-14,17-18H,2,16H2,1H3/b22-13+. The Kier molecular flexibility index (Phi) is 6.14. The number of fused-ring (bicyclic) bond motifs is 1. The van der Waals surface area contributed by atoms with E-state index in [0.717, 1.165) is 39.6 Å². The van der Waals surface area contributed by atoms with Gasteiger partial charge in [0.25, 0.3) is 0 Å². The summed E-state index contributed by atoms with van der Waals surface area (Å²) in [7, 11) is 0. The van der Waals surface area contributed by atoms with Crippen molar-refractivity contribution in [2.24, 2.45) is 0 Å². The Morgan fingerprint density at radius 3 is 2.50 bits per heavy atom. The minimum absolute atomic E-state index is 0.271. The molecule has 0 aliphatic rings. The number of hydrogen-bond donors (Lipinski definition) is 0. The number of benzene rings is 3. The lowest BCUT2D eigenvalue weighted by Gasteiger charge is -2.08. The minimum atomic E-state index is -0.271. The number of aromatic nitrogens is 1. The Hall–Kier alpha value is -4.17. The molecule has 0 bridgehead atoms. The Bertz CT molecular complexity index is 1330. The van der Waals surface area contributed by atoms with E-state index in [1.54, 1.807) is 36.4 Å². The van der Waals surface area contributed by atoms with Crippen molar-refractivity contribution in [1.29, 1.82) is 5.26 Å². The molecular weight excluding hydrogens is 403 g/mol. The SMILES string of the molecule is CCOc1ccc2c(/C=C(\C#N)c3ccc(C=O)cc3)cn(Cc3ccc(F)cc3)c2c1. The second-order valence-electron chi connectivity index (χ2n) is 7.36. The van der Waals surface area contributed by atoms with E-state index in [9.17, 15) is 14.4 Å². The Morgan fingerprint density at radius 1 is 1.09 bits per heavy atom. The van der Waals surface area contributed by atoms with Crippen LogP contribution in [-0.2, 0) is 6.54 Å². The van der Waals surface area contributed by atoms with E-state index >= 15 is 0 Å². The average Bonchev–Trinajstić information content (AvgIpc) is 3.15. The molecule has 0 atom stereocenters. The molecule has 32 heavy (non-hydrogen) atoms. The molecule has 3 aromatic carbocycles. The highest BCUT2D eigenvalue weighted by atomic mass is 19.1. The van der Waals surface area contributed by atoms with E-state index < -0.39 is 0 Å². The van der Waals surface area contributed by atoms with Crippen LogP contribution < -0.4 is 4.74 Å². The van der Waals surface area contributed by atoms with Crippen molar-refractivity contribution < 1.29 is 13.9 Å². The molecule has 0 aliphatic carbocycles. The monoisotopic (exact) mass is 424 g/mol. The second-order valence-corrected chi connectivity index (χ2v) is 7.36. The first-order valence-corrected chi connectivity index (χ1v) is 10.3. The van der Waals surface area contributed by atoms with Crippen molar-refractivity contribution >= 4 is 28.8 Å². The summed E-state index contributed by atoms with van der Waals surface area (Å²) in [5.74, 6) is 0.492. The van der Waals surface area contributed by atoms with E-state index in [1.165, 1.54) is 12.1 Å². The molecule has 5 heteroatoms. The first kappa shape index (κ1) is 21.1. The second kappa shape index (κ2) is 9.32. The zero-order valence-corrected chi connectivity index (χ0v) is 17.6. The van der Waals surface area contributed by atoms with Crippen LogP contribution in [0.3, 0.4) is 0 Å². The van der Waals surface area contributed by atoms with Crippen LogP contribution in [0.2, 0.25) is 0 Å². The summed E-state index contributed by atoms with van der Waals surface area (Å²) in [6.45, 7) is 3.05. The Balaban J connectivity index is 1.80. The maximum Gasteiger partial charge on any atom is 0.150 e. The molecule has 0 N–H and O–H groups in total. The lowest BCUT2D eigenvalue weighted by atomic mass is 10.0. The molecule has 4 rings (SSSR count). The number of carbonyl (C=O) groups is 1. The van der Waals surface area contributed by atoms with Crippen molar-refractivity contribution in [1.82, 2.24) is 4.57 Å². The van der Waals surface area contributed by atoms with E-state index in [4.69, 9.17) is 4.74 Å². The molecule has 0 unspecified atom stereocenters. The topological polar surface area (TPSA) is 55.0 Å². The fourth-order valence-corrected chi connectivity index (χ4v) is 3.67. The molecule has 1 heterocycles. The lowest BCUT2D eigenvalue weighted by molar-refractivity contribution is 0.112. The van der Waals surface area contributed by atoms with Gasteiger partial charge >= 0.3 is 0 Å². The van der Waals surface area contributed by atoms with E-state index in [1.807, 2.05) is 37.4 Å². The number of allylic oxidation sites excluding steroid dienone is 1. The summed E-state index contributed by atoms with van der Waals surface area (Å²) in [6.07, 6.45) is 4.61. The molecule has 158 valence electrons. The van der Waals surface area contributed by atoms with Crippen molar-refractivity contribution in [2.45, 2.75) is 13.5 Å². The van der Waals surface area contributed by atoms with Crippen LogP contribution in [-0.4, -0.2) is 17.5 Å². The van der Waals surface area contributed by atoms with Crippen LogP contribution in [0, 0.1) is 17.1 Å². The largest absolute Gasteiger partial charge is 0.494 e. The van der Waals surface area contributed by atoms with Gasteiger partial charge in [0.15, 0.2) is 0 Å². The zero-order chi connectivity index (χ0) is 22.5. The van der Waals surface area contributed by atoms with Crippen molar-refractivity contribution in [3.05, 3.63) is 101 Å². The molecule has 0 saturated heterocycles. The quantitative estimate of drug-likeness (QED) is 0.266. The summed E-state index contributed by atoms with van der Waals surface area (Å²) in [6, 6.07) is 21.5. The number of carbonyl (C=O) groups excluding carboxylic acids is 1. The highest BCUT2D eigenvalue weighted by Crippen LogP contribution is 2.30. The number of ether oxygens (including phenoxy) is 1. The van der Waals surface area contributed by atoms with Gasteiger partial charge in [-0.25, -0.2) is 4.39 Å². The average molecular weight is 424 g/mol. The van der Waals surface area contributed by atoms with Crippen LogP contribution in [0.15, 0.2) is 72.9 Å². The van der Waals surface area contributed by atoms with E-state index in [2.05, 4.69) is 10.6 Å². The molecule has 4 aromatic rings. The highest BCUT2D eigenvalue weighted by molar-refractivity contribution is 5.98. The third-order valence-corrected chi connectivity index (χ3v) is 5.24. The summed E-state index contributed by atoms with van der Waals surface area (Å²) in [5.41, 5.74) is 4.61. The summed E-state index contributed by atoms with van der Waals surface area (Å²) < 4.78 is 21.1. The van der Waals surface area contributed by atoms with Gasteiger partial charge in [0.1, 0.15) is 17.9 Å². The smallest absolute Gasteiger partial charge is 0.150 e. The maximum atomic E-state index is 13.3. The van der Waals surface area contributed by atoms with Gasteiger partial charge in [-0.1, -0.05) is 36.4 Å². The fraction of sp³-hybridized carbons (Fsp3) is 0.111. The van der Waals surface area contributed by atoms with Crippen molar-refractivity contribution in [3.8, 4) is 11.8 Å². The van der Waals surface area contributed by atoms with Gasteiger partial charge in [0.2, 0.25) is 0 Å². The summed E-state index contributed by atoms with van der Waals surface area (Å²) in [5, 5.41) is 10.8.